The van der Waals surface area contributed by atoms with Crippen LogP contribution in [0.4, 0.5) is 13.2 Å². The van der Waals surface area contributed by atoms with Crippen molar-refractivity contribution in [2.45, 2.75) is 5.38 Å². The number of hydrogen-bond donors (Lipinski definition) is 0. The standard InChI is InChI=1S/C17H11Cl2F3N2/c1-24-16(15(18)9-5-2-3-6-10(9)20)14(17(19)23-24)13-11(21)7-4-8-12(13)22/h2-8,15H,1H3. The molecule has 1 aromatic heterocycles. The van der Waals surface area contributed by atoms with E-state index in [-0.39, 0.29) is 27.5 Å². The van der Waals surface area contributed by atoms with Crippen LogP contribution in [0.3, 0.4) is 0 Å². The Morgan fingerprint density at radius 1 is 0.917 bits per heavy atom. The minimum atomic E-state index is -1.02. The Morgan fingerprint density at radius 3 is 2.12 bits per heavy atom. The number of rotatable bonds is 3. The van der Waals surface area contributed by atoms with Gasteiger partial charge in [-0.3, -0.25) is 4.68 Å². The predicted molar refractivity (Wildman–Crippen MR) is 87.7 cm³/mol. The van der Waals surface area contributed by atoms with Gasteiger partial charge >= 0.3 is 0 Å². The first-order valence-corrected chi connectivity index (χ1v) is 7.78. The maximum Gasteiger partial charge on any atom is 0.159 e. The summed E-state index contributed by atoms with van der Waals surface area (Å²) in [5, 5.41) is 2.85. The summed E-state index contributed by atoms with van der Waals surface area (Å²) in [5.41, 5.74) is 0.0400. The molecule has 0 amide bonds. The molecule has 0 aliphatic carbocycles. The summed E-state index contributed by atoms with van der Waals surface area (Å²) < 4.78 is 43.8. The Morgan fingerprint density at radius 2 is 1.50 bits per heavy atom. The van der Waals surface area contributed by atoms with E-state index in [0.717, 1.165) is 12.1 Å². The van der Waals surface area contributed by atoms with Gasteiger partial charge in [-0.05, 0) is 18.2 Å². The van der Waals surface area contributed by atoms with Gasteiger partial charge in [-0.1, -0.05) is 35.9 Å². The summed E-state index contributed by atoms with van der Waals surface area (Å²) in [7, 11) is 1.53. The van der Waals surface area contributed by atoms with Gasteiger partial charge in [0, 0.05) is 18.2 Å². The van der Waals surface area contributed by atoms with Crippen molar-refractivity contribution in [1.29, 1.82) is 0 Å². The quantitative estimate of drug-likeness (QED) is 0.557. The zero-order valence-corrected chi connectivity index (χ0v) is 13.9. The van der Waals surface area contributed by atoms with Crippen LogP contribution < -0.4 is 0 Å². The van der Waals surface area contributed by atoms with Crippen molar-refractivity contribution >= 4 is 23.2 Å². The molecule has 0 fully saturated rings. The summed E-state index contributed by atoms with van der Waals surface area (Å²) >= 11 is 12.5. The SMILES string of the molecule is Cn1nc(Cl)c(-c2c(F)cccc2F)c1C(Cl)c1ccccc1F. The van der Waals surface area contributed by atoms with Gasteiger partial charge in [0.15, 0.2) is 5.15 Å². The van der Waals surface area contributed by atoms with Crippen LogP contribution in [0.15, 0.2) is 42.5 Å². The Labute approximate surface area is 146 Å². The maximum atomic E-state index is 14.2. The summed E-state index contributed by atoms with van der Waals surface area (Å²) in [6.07, 6.45) is 0. The van der Waals surface area contributed by atoms with E-state index < -0.39 is 22.8 Å². The van der Waals surface area contributed by atoms with E-state index >= 15 is 0 Å². The molecule has 0 radical (unpaired) electrons. The van der Waals surface area contributed by atoms with E-state index in [9.17, 15) is 13.2 Å². The lowest BCUT2D eigenvalue weighted by atomic mass is 10.00. The first-order chi connectivity index (χ1) is 11.4. The number of nitrogens with zero attached hydrogens (tertiary/aromatic N) is 2. The maximum absolute atomic E-state index is 14.2. The van der Waals surface area contributed by atoms with Gasteiger partial charge in [-0.15, -0.1) is 11.6 Å². The lowest BCUT2D eigenvalue weighted by Gasteiger charge is -2.15. The third kappa shape index (κ3) is 2.78. The van der Waals surface area contributed by atoms with E-state index in [4.69, 9.17) is 23.2 Å². The Bertz CT molecular complexity index is 889. The van der Waals surface area contributed by atoms with Gasteiger partial charge in [0.1, 0.15) is 22.8 Å². The van der Waals surface area contributed by atoms with E-state index in [0.29, 0.717) is 0 Å². The molecule has 0 aliphatic heterocycles. The molecule has 0 saturated carbocycles. The molecule has 0 bridgehead atoms. The molecule has 2 nitrogen and oxygen atoms in total. The molecule has 3 rings (SSSR count). The predicted octanol–water partition coefficient (Wildman–Crippen LogP) is 5.49. The van der Waals surface area contributed by atoms with Crippen LogP contribution >= 0.6 is 23.2 Å². The minimum absolute atomic E-state index is 0.0121. The second kappa shape index (κ2) is 6.49. The number of hydrogen-bond acceptors (Lipinski definition) is 1. The molecule has 7 heteroatoms. The molecule has 2 aromatic carbocycles. The molecule has 3 aromatic rings. The molecule has 1 heterocycles. The first-order valence-electron chi connectivity index (χ1n) is 6.97. The minimum Gasteiger partial charge on any atom is -0.269 e. The van der Waals surface area contributed by atoms with Crippen LogP contribution in [0.5, 0.6) is 0 Å². The average molecular weight is 371 g/mol. The fourth-order valence-electron chi connectivity index (χ4n) is 2.59. The van der Waals surface area contributed by atoms with Gasteiger partial charge in [0.2, 0.25) is 0 Å². The van der Waals surface area contributed by atoms with Crippen molar-refractivity contribution in [2.24, 2.45) is 7.05 Å². The van der Waals surface area contributed by atoms with E-state index in [1.807, 2.05) is 0 Å². The molecular formula is C17H11Cl2F3N2. The largest absolute Gasteiger partial charge is 0.269 e. The second-order valence-electron chi connectivity index (χ2n) is 5.16. The van der Waals surface area contributed by atoms with Gasteiger partial charge in [0.05, 0.1) is 11.3 Å². The Hall–Kier alpha value is -1.98. The van der Waals surface area contributed by atoms with E-state index in [1.54, 1.807) is 6.07 Å². The van der Waals surface area contributed by atoms with E-state index in [1.165, 1.54) is 36.0 Å². The molecule has 1 unspecified atom stereocenters. The molecule has 24 heavy (non-hydrogen) atoms. The monoisotopic (exact) mass is 370 g/mol. The number of alkyl halides is 1. The third-order valence-corrected chi connectivity index (χ3v) is 4.39. The molecule has 0 aliphatic rings. The lowest BCUT2D eigenvalue weighted by molar-refractivity contribution is 0.588. The number of halogens is 5. The lowest BCUT2D eigenvalue weighted by Crippen LogP contribution is -2.06. The molecule has 0 N–H and O–H groups in total. The molecule has 0 saturated heterocycles. The highest BCUT2D eigenvalue weighted by molar-refractivity contribution is 6.33. The first kappa shape index (κ1) is 16.9. The fraction of sp³-hybridized carbons (Fsp3) is 0.118. The van der Waals surface area contributed by atoms with Crippen molar-refractivity contribution in [3.63, 3.8) is 0 Å². The van der Waals surface area contributed by atoms with Crippen molar-refractivity contribution in [3.8, 4) is 11.1 Å². The van der Waals surface area contributed by atoms with E-state index in [2.05, 4.69) is 5.10 Å². The topological polar surface area (TPSA) is 17.8 Å². The summed E-state index contributed by atoms with van der Waals surface area (Å²) in [6, 6.07) is 9.36. The van der Waals surface area contributed by atoms with Crippen molar-refractivity contribution in [1.82, 2.24) is 9.78 Å². The van der Waals surface area contributed by atoms with Crippen LogP contribution in [0.1, 0.15) is 16.6 Å². The molecule has 124 valence electrons. The van der Waals surface area contributed by atoms with Gasteiger partial charge in [-0.2, -0.15) is 5.10 Å². The summed E-state index contributed by atoms with van der Waals surface area (Å²) in [6.45, 7) is 0. The van der Waals surface area contributed by atoms with Gasteiger partial charge < -0.3 is 0 Å². The zero-order valence-electron chi connectivity index (χ0n) is 12.4. The van der Waals surface area contributed by atoms with Crippen molar-refractivity contribution < 1.29 is 13.2 Å². The summed E-state index contributed by atoms with van der Waals surface area (Å²) in [4.78, 5) is 0. The Kier molecular flexibility index (Phi) is 4.56. The average Bonchev–Trinajstić information content (AvgIpc) is 2.81. The number of aromatic nitrogens is 2. The molecule has 0 spiro atoms. The van der Waals surface area contributed by atoms with Crippen molar-refractivity contribution in [3.05, 3.63) is 76.3 Å². The molecule has 1 atom stereocenters. The second-order valence-corrected chi connectivity index (χ2v) is 5.95. The highest BCUT2D eigenvalue weighted by Crippen LogP contribution is 2.42. The number of benzene rings is 2. The van der Waals surface area contributed by atoms with Crippen LogP contribution in [-0.2, 0) is 7.05 Å². The summed E-state index contributed by atoms with van der Waals surface area (Å²) in [5.74, 6) is -2.14. The highest BCUT2D eigenvalue weighted by Gasteiger charge is 2.28. The zero-order chi connectivity index (χ0) is 17.4. The van der Waals surface area contributed by atoms with Gasteiger partial charge in [-0.25, -0.2) is 13.2 Å². The Balaban J connectivity index is 2.26. The smallest absolute Gasteiger partial charge is 0.159 e. The third-order valence-electron chi connectivity index (χ3n) is 3.68. The molecular weight excluding hydrogens is 360 g/mol. The fourth-order valence-corrected chi connectivity index (χ4v) is 3.32. The van der Waals surface area contributed by atoms with Gasteiger partial charge in [0.25, 0.3) is 0 Å². The van der Waals surface area contributed by atoms with Crippen LogP contribution in [-0.4, -0.2) is 9.78 Å². The van der Waals surface area contributed by atoms with Crippen LogP contribution in [0.2, 0.25) is 5.15 Å². The van der Waals surface area contributed by atoms with Crippen molar-refractivity contribution in [2.75, 3.05) is 0 Å². The highest BCUT2D eigenvalue weighted by atomic mass is 35.5. The van der Waals surface area contributed by atoms with Crippen LogP contribution in [0.25, 0.3) is 11.1 Å². The number of aryl methyl sites for hydroxylation is 1. The van der Waals surface area contributed by atoms with Crippen LogP contribution in [0, 0.1) is 17.5 Å². The normalized spacial score (nSPS) is 12.4.